The molecule has 4 atom stereocenters. The van der Waals surface area contributed by atoms with E-state index in [1.807, 2.05) is 6.08 Å². The van der Waals surface area contributed by atoms with Crippen LogP contribution in [0.3, 0.4) is 0 Å². The zero-order valence-corrected chi connectivity index (χ0v) is 24.7. The van der Waals surface area contributed by atoms with Crippen molar-refractivity contribution < 1.29 is 23.1 Å². The molecule has 2 aromatic rings. The highest BCUT2D eigenvalue weighted by Crippen LogP contribution is 2.44. The quantitative estimate of drug-likeness (QED) is 0.470. The Morgan fingerprint density at radius 1 is 1.18 bits per heavy atom. The van der Waals surface area contributed by atoms with Gasteiger partial charge in [-0.1, -0.05) is 49.3 Å². The molecule has 2 aliphatic heterocycles. The number of nitrogens with zero attached hydrogens (tertiary/aromatic N) is 1. The number of rotatable bonds is 1. The molecular formula is C32H42N2O5S. The Labute approximate surface area is 238 Å². The summed E-state index contributed by atoms with van der Waals surface area (Å²) in [6, 6.07) is 11.9. The summed E-state index contributed by atoms with van der Waals surface area (Å²) in [5.74, 6) is 0.122. The summed E-state index contributed by atoms with van der Waals surface area (Å²) in [7, 11) is -3.86. The first-order chi connectivity index (χ1) is 19.1. The number of hydrogen-bond acceptors (Lipinski definition) is 6. The number of hydrogen-bond donors (Lipinski definition) is 2. The molecule has 1 aliphatic carbocycles. The van der Waals surface area contributed by atoms with Gasteiger partial charge in [-0.3, -0.25) is 4.79 Å². The molecule has 5 rings (SSSR count). The number of aliphatic hydroxyl groups is 1. The first kappa shape index (κ1) is 28.7. The third-order valence-electron chi connectivity index (χ3n) is 9.11. The Bertz CT molecular complexity index is 1390. The van der Waals surface area contributed by atoms with E-state index in [1.165, 1.54) is 16.7 Å². The Kier molecular flexibility index (Phi) is 8.30. The van der Waals surface area contributed by atoms with Gasteiger partial charge in [0.2, 0.25) is 10.0 Å². The van der Waals surface area contributed by atoms with Gasteiger partial charge < -0.3 is 14.7 Å². The van der Waals surface area contributed by atoms with Crippen LogP contribution in [0.2, 0.25) is 0 Å². The van der Waals surface area contributed by atoms with Crippen molar-refractivity contribution in [2.24, 2.45) is 5.92 Å². The number of anilines is 1. The maximum absolute atomic E-state index is 13.2. The molecule has 3 aliphatic rings. The molecule has 0 aromatic heterocycles. The molecule has 0 fully saturated rings. The summed E-state index contributed by atoms with van der Waals surface area (Å²) in [5, 5.41) is 10.3. The average molecular weight is 567 g/mol. The van der Waals surface area contributed by atoms with Crippen molar-refractivity contribution in [3.63, 3.8) is 0 Å². The highest BCUT2D eigenvalue weighted by Gasteiger charge is 2.42. The van der Waals surface area contributed by atoms with Gasteiger partial charge in [-0.15, -0.1) is 0 Å². The number of ether oxygens (including phenoxy) is 1. The summed E-state index contributed by atoms with van der Waals surface area (Å²) in [6.45, 7) is 7.77. The minimum atomic E-state index is -3.86. The molecule has 216 valence electrons. The Hall–Kier alpha value is -2.84. The van der Waals surface area contributed by atoms with E-state index in [0.717, 1.165) is 44.3 Å². The molecule has 2 N–H and O–H groups in total. The molecule has 2 bridgehead atoms. The topological polar surface area (TPSA) is 95.9 Å². The number of carbonyl (C=O) groups excluding carboxylic acids is 1. The van der Waals surface area contributed by atoms with Crippen molar-refractivity contribution in [1.82, 2.24) is 4.72 Å². The Morgan fingerprint density at radius 3 is 2.80 bits per heavy atom. The van der Waals surface area contributed by atoms with Crippen LogP contribution in [0.1, 0.15) is 79.4 Å². The molecule has 0 radical (unpaired) electrons. The molecule has 1 amide bonds. The van der Waals surface area contributed by atoms with Crippen molar-refractivity contribution in [2.45, 2.75) is 82.5 Å². The number of sulfonamides is 1. The second-order valence-corrected chi connectivity index (χ2v) is 14.0. The lowest BCUT2D eigenvalue weighted by atomic mass is 9.69. The standard InChI is InChI=1S/C32H42N2O5S/c1-4-24-15-17-34-20-32(16-7-9-25-18-22(2)11-13-27(25)32)21-39-30-14-12-26(19-28(30)34)31(36)33-40(37,38)23(3)8-5-6-10-29(24)35/h6,10-14,18-19,23-24,29,35H,4-5,7-9,15-17,20-21H2,1-3H3,(H,33,36)/b10-6+/t23-,24-,29+,32+/m1/s1. The molecule has 7 nitrogen and oxygen atoms in total. The zero-order valence-electron chi connectivity index (χ0n) is 23.9. The van der Waals surface area contributed by atoms with E-state index in [0.29, 0.717) is 31.7 Å². The minimum absolute atomic E-state index is 0.0571. The number of benzene rings is 2. The van der Waals surface area contributed by atoms with Crippen molar-refractivity contribution in [1.29, 1.82) is 0 Å². The SMILES string of the molecule is CC[C@@H]1CCN2C[C@@]3(CCCc4cc(C)ccc43)COc3ccc(cc32)C(=O)NS(=O)(=O)[C@H](C)CC/C=C/[C@@H]1O. The first-order valence-corrected chi connectivity index (χ1v) is 16.2. The third kappa shape index (κ3) is 5.79. The van der Waals surface area contributed by atoms with Gasteiger partial charge >= 0.3 is 0 Å². The molecule has 0 saturated carbocycles. The summed E-state index contributed by atoms with van der Waals surface area (Å²) in [4.78, 5) is 15.5. The highest BCUT2D eigenvalue weighted by atomic mass is 32.2. The van der Waals surface area contributed by atoms with Gasteiger partial charge in [0.05, 0.1) is 23.6 Å². The third-order valence-corrected chi connectivity index (χ3v) is 10.9. The van der Waals surface area contributed by atoms with Gasteiger partial charge in [0.15, 0.2) is 0 Å². The fourth-order valence-corrected chi connectivity index (χ4v) is 7.58. The van der Waals surface area contributed by atoms with E-state index in [2.05, 4.69) is 41.7 Å². The molecule has 0 unspecified atom stereocenters. The fraction of sp³-hybridized carbons (Fsp3) is 0.531. The molecular weight excluding hydrogens is 524 g/mol. The van der Waals surface area contributed by atoms with Gasteiger partial charge in [0, 0.05) is 24.1 Å². The van der Waals surface area contributed by atoms with Crippen LogP contribution in [0.4, 0.5) is 5.69 Å². The van der Waals surface area contributed by atoms with Gasteiger partial charge in [-0.25, -0.2) is 13.1 Å². The van der Waals surface area contributed by atoms with E-state index < -0.39 is 27.3 Å². The number of amides is 1. The maximum Gasteiger partial charge on any atom is 0.264 e. The van der Waals surface area contributed by atoms with Crippen molar-refractivity contribution >= 4 is 21.6 Å². The van der Waals surface area contributed by atoms with Crippen LogP contribution in [-0.4, -0.2) is 50.5 Å². The van der Waals surface area contributed by atoms with E-state index in [-0.39, 0.29) is 16.9 Å². The van der Waals surface area contributed by atoms with Crippen LogP contribution in [-0.2, 0) is 21.9 Å². The number of aryl methyl sites for hydroxylation is 2. The summed E-state index contributed by atoms with van der Waals surface area (Å²) >= 11 is 0. The van der Waals surface area contributed by atoms with Crippen molar-refractivity contribution in [3.8, 4) is 5.75 Å². The van der Waals surface area contributed by atoms with Gasteiger partial charge in [-0.2, -0.15) is 0 Å². The van der Waals surface area contributed by atoms with Crippen LogP contribution in [0, 0.1) is 12.8 Å². The first-order valence-electron chi connectivity index (χ1n) is 14.6. The number of aliphatic hydroxyl groups excluding tert-OH is 1. The van der Waals surface area contributed by atoms with Gasteiger partial charge in [0.1, 0.15) is 5.75 Å². The van der Waals surface area contributed by atoms with Crippen LogP contribution < -0.4 is 14.4 Å². The maximum atomic E-state index is 13.2. The summed E-state index contributed by atoms with van der Waals surface area (Å²) in [6.07, 6.45) is 8.66. The lowest BCUT2D eigenvalue weighted by Gasteiger charge is -2.41. The number of carbonyl (C=O) groups is 1. The van der Waals surface area contributed by atoms with E-state index >= 15 is 0 Å². The van der Waals surface area contributed by atoms with E-state index in [4.69, 9.17) is 4.74 Å². The highest BCUT2D eigenvalue weighted by molar-refractivity contribution is 7.90. The van der Waals surface area contributed by atoms with E-state index in [1.54, 1.807) is 31.2 Å². The van der Waals surface area contributed by atoms with Gasteiger partial charge in [0.25, 0.3) is 5.91 Å². The van der Waals surface area contributed by atoms with Crippen LogP contribution in [0.15, 0.2) is 48.6 Å². The molecule has 8 heteroatoms. The van der Waals surface area contributed by atoms with Crippen molar-refractivity contribution in [3.05, 3.63) is 70.8 Å². The lowest BCUT2D eigenvalue weighted by molar-refractivity contribution is 0.0981. The largest absolute Gasteiger partial charge is 0.490 e. The monoisotopic (exact) mass is 566 g/mol. The predicted octanol–water partition coefficient (Wildman–Crippen LogP) is 5.04. The summed E-state index contributed by atoms with van der Waals surface area (Å²) < 4.78 is 34.6. The van der Waals surface area contributed by atoms with Gasteiger partial charge in [-0.05, 0) is 87.6 Å². The number of allylic oxidation sites excluding steroid dienone is 1. The normalized spacial score (nSPS) is 29.6. The van der Waals surface area contributed by atoms with Crippen LogP contribution >= 0.6 is 0 Å². The Morgan fingerprint density at radius 2 is 2.00 bits per heavy atom. The zero-order chi connectivity index (χ0) is 28.5. The number of fused-ring (bicyclic) bond motifs is 3. The van der Waals surface area contributed by atoms with Crippen LogP contribution in [0.5, 0.6) is 5.75 Å². The lowest BCUT2D eigenvalue weighted by Crippen LogP contribution is -2.46. The number of nitrogens with one attached hydrogen (secondary N) is 1. The van der Waals surface area contributed by atoms with Crippen LogP contribution in [0.25, 0.3) is 0 Å². The Balaban J connectivity index is 1.57. The summed E-state index contributed by atoms with van der Waals surface area (Å²) in [5.41, 5.74) is 4.84. The van der Waals surface area contributed by atoms with E-state index in [9.17, 15) is 18.3 Å². The van der Waals surface area contributed by atoms with Crippen molar-refractivity contribution in [2.75, 3.05) is 24.6 Å². The fourth-order valence-electron chi connectivity index (χ4n) is 6.56. The molecule has 40 heavy (non-hydrogen) atoms. The molecule has 2 aromatic carbocycles. The molecule has 2 heterocycles. The second-order valence-electron chi connectivity index (χ2n) is 11.9. The smallest absolute Gasteiger partial charge is 0.264 e. The minimum Gasteiger partial charge on any atom is -0.490 e. The average Bonchev–Trinajstić information content (AvgIpc) is 3.07. The molecule has 1 spiro atoms. The predicted molar refractivity (Wildman–Crippen MR) is 159 cm³/mol. The molecule has 0 saturated heterocycles. The second kappa shape index (κ2) is 11.6.